The van der Waals surface area contributed by atoms with Gasteiger partial charge in [-0.2, -0.15) is 0 Å². The molecule has 0 aliphatic rings. The van der Waals surface area contributed by atoms with E-state index in [9.17, 15) is 18.3 Å². The molecule has 0 spiro atoms. The summed E-state index contributed by atoms with van der Waals surface area (Å²) in [6, 6.07) is 5.95. The predicted molar refractivity (Wildman–Crippen MR) is 55.6 cm³/mol. The van der Waals surface area contributed by atoms with Gasteiger partial charge < -0.3 is 14.4 Å². The van der Waals surface area contributed by atoms with Gasteiger partial charge in [-0.3, -0.25) is 0 Å². The highest BCUT2D eigenvalue weighted by Gasteiger charge is 2.32. The zero-order chi connectivity index (χ0) is 12.6. The van der Waals surface area contributed by atoms with Gasteiger partial charge in [-0.15, -0.1) is 13.2 Å². The summed E-state index contributed by atoms with van der Waals surface area (Å²) in [5.74, 6) is -0.319. The third-order valence-electron chi connectivity index (χ3n) is 2.33. The number of benzene rings is 1. The number of alkyl halides is 3. The molecule has 0 aliphatic heterocycles. The van der Waals surface area contributed by atoms with Gasteiger partial charge in [-0.25, -0.2) is 0 Å². The largest absolute Gasteiger partial charge is 0.573 e. The Hall–Kier alpha value is -1.69. The minimum absolute atomic E-state index is 0.222. The van der Waals surface area contributed by atoms with Gasteiger partial charge in [-0.05, 0) is 19.1 Å². The van der Waals surface area contributed by atoms with Gasteiger partial charge in [0.2, 0.25) is 0 Å². The number of hydrogen-bond acceptors (Lipinski definition) is 2. The van der Waals surface area contributed by atoms with E-state index in [2.05, 4.69) is 4.74 Å². The number of aliphatic hydroxyl groups is 1. The molecule has 0 radical (unpaired) electrons. The van der Waals surface area contributed by atoms with Crippen molar-refractivity contribution in [1.29, 1.82) is 0 Å². The Balaban J connectivity index is 2.58. The number of halogens is 3. The quantitative estimate of drug-likeness (QED) is 0.882. The Kier molecular flexibility index (Phi) is 2.74. The predicted octanol–water partition coefficient (Wildman–Crippen LogP) is 3.05. The molecule has 1 heterocycles. The SMILES string of the molecule is CC(O)n1ccc2cccc(OC(F)(F)F)c21. The van der Waals surface area contributed by atoms with Crippen LogP contribution in [0.1, 0.15) is 13.2 Å². The monoisotopic (exact) mass is 245 g/mol. The molecule has 1 aromatic carbocycles. The van der Waals surface area contributed by atoms with E-state index in [1.165, 1.54) is 29.8 Å². The van der Waals surface area contributed by atoms with Crippen LogP contribution in [-0.4, -0.2) is 16.0 Å². The lowest BCUT2D eigenvalue weighted by Gasteiger charge is -2.14. The van der Waals surface area contributed by atoms with Gasteiger partial charge in [0.15, 0.2) is 5.75 Å². The maximum absolute atomic E-state index is 12.2. The highest BCUT2D eigenvalue weighted by molar-refractivity contribution is 5.86. The maximum atomic E-state index is 12.2. The number of nitrogens with zero attached hydrogens (tertiary/aromatic N) is 1. The molecule has 92 valence electrons. The third-order valence-corrected chi connectivity index (χ3v) is 2.33. The summed E-state index contributed by atoms with van der Waals surface area (Å²) in [5, 5.41) is 10.0. The first kappa shape index (κ1) is 11.8. The summed E-state index contributed by atoms with van der Waals surface area (Å²) in [6.45, 7) is 1.46. The zero-order valence-electron chi connectivity index (χ0n) is 8.90. The average Bonchev–Trinajstić information content (AvgIpc) is 2.59. The number of ether oxygens (including phenoxy) is 1. The summed E-state index contributed by atoms with van der Waals surface area (Å²) < 4.78 is 41.9. The van der Waals surface area contributed by atoms with Crippen LogP contribution in [-0.2, 0) is 0 Å². The molecular weight excluding hydrogens is 235 g/mol. The van der Waals surface area contributed by atoms with E-state index in [1.807, 2.05) is 0 Å². The molecule has 0 saturated heterocycles. The van der Waals surface area contributed by atoms with Crippen molar-refractivity contribution in [1.82, 2.24) is 4.57 Å². The van der Waals surface area contributed by atoms with Crippen LogP contribution >= 0.6 is 0 Å². The van der Waals surface area contributed by atoms with Crippen molar-refractivity contribution in [3.05, 3.63) is 30.5 Å². The fourth-order valence-corrected chi connectivity index (χ4v) is 1.70. The lowest BCUT2D eigenvalue weighted by molar-refractivity contribution is -0.274. The van der Waals surface area contributed by atoms with E-state index >= 15 is 0 Å². The first-order valence-electron chi connectivity index (χ1n) is 4.92. The lowest BCUT2D eigenvalue weighted by atomic mass is 10.2. The van der Waals surface area contributed by atoms with Crippen molar-refractivity contribution in [2.45, 2.75) is 19.5 Å². The fourth-order valence-electron chi connectivity index (χ4n) is 1.70. The standard InChI is InChI=1S/C11H10F3NO2/c1-7(16)15-6-5-8-3-2-4-9(10(8)15)17-11(12,13)14/h2-7,16H,1H3. The van der Waals surface area contributed by atoms with Crippen LogP contribution in [0, 0.1) is 0 Å². The number of para-hydroxylation sites is 1. The summed E-state index contributed by atoms with van der Waals surface area (Å²) in [4.78, 5) is 0. The van der Waals surface area contributed by atoms with E-state index < -0.39 is 12.6 Å². The van der Waals surface area contributed by atoms with E-state index in [0.717, 1.165) is 0 Å². The van der Waals surface area contributed by atoms with Gasteiger partial charge in [0.25, 0.3) is 0 Å². The molecule has 1 unspecified atom stereocenters. The fraction of sp³-hybridized carbons (Fsp3) is 0.273. The second-order valence-electron chi connectivity index (χ2n) is 3.60. The highest BCUT2D eigenvalue weighted by Crippen LogP contribution is 2.32. The Labute approximate surface area is 95.0 Å². The zero-order valence-corrected chi connectivity index (χ0v) is 8.90. The molecule has 0 fully saturated rings. The van der Waals surface area contributed by atoms with Gasteiger partial charge in [-0.1, -0.05) is 12.1 Å². The van der Waals surface area contributed by atoms with Crippen LogP contribution in [0.5, 0.6) is 5.75 Å². The second kappa shape index (κ2) is 3.96. The molecule has 1 aromatic heterocycles. The molecule has 0 bridgehead atoms. The highest BCUT2D eigenvalue weighted by atomic mass is 19.4. The molecule has 1 N–H and O–H groups in total. The molecular formula is C11H10F3NO2. The first-order chi connectivity index (χ1) is 7.88. The molecule has 3 nitrogen and oxygen atoms in total. The smallest absolute Gasteiger partial charge is 0.404 e. The van der Waals surface area contributed by atoms with E-state index in [4.69, 9.17) is 0 Å². The maximum Gasteiger partial charge on any atom is 0.573 e. The van der Waals surface area contributed by atoms with Crippen LogP contribution in [0.4, 0.5) is 13.2 Å². The topological polar surface area (TPSA) is 34.4 Å². The molecule has 0 amide bonds. The van der Waals surface area contributed by atoms with Crippen molar-refractivity contribution in [2.75, 3.05) is 0 Å². The van der Waals surface area contributed by atoms with E-state index in [1.54, 1.807) is 12.1 Å². The molecule has 2 aromatic rings. The number of aromatic nitrogens is 1. The normalized spacial score (nSPS) is 13.9. The van der Waals surface area contributed by atoms with Gasteiger partial charge in [0.05, 0.1) is 5.52 Å². The van der Waals surface area contributed by atoms with Gasteiger partial charge in [0, 0.05) is 11.6 Å². The summed E-state index contributed by atoms with van der Waals surface area (Å²) >= 11 is 0. The summed E-state index contributed by atoms with van der Waals surface area (Å²) in [7, 11) is 0. The number of hydrogen-bond donors (Lipinski definition) is 1. The molecule has 2 rings (SSSR count). The van der Waals surface area contributed by atoms with Crippen molar-refractivity contribution in [3.63, 3.8) is 0 Å². The molecule has 0 aliphatic carbocycles. The van der Waals surface area contributed by atoms with Crippen molar-refractivity contribution in [2.24, 2.45) is 0 Å². The van der Waals surface area contributed by atoms with Crippen LogP contribution in [0.2, 0.25) is 0 Å². The minimum atomic E-state index is -4.75. The van der Waals surface area contributed by atoms with Crippen molar-refractivity contribution >= 4 is 10.9 Å². The number of aliphatic hydroxyl groups excluding tert-OH is 1. The average molecular weight is 245 g/mol. The van der Waals surface area contributed by atoms with Crippen molar-refractivity contribution < 1.29 is 23.0 Å². The minimum Gasteiger partial charge on any atom is -0.404 e. The Bertz CT molecular complexity index is 531. The molecule has 6 heteroatoms. The van der Waals surface area contributed by atoms with Crippen molar-refractivity contribution in [3.8, 4) is 5.75 Å². The van der Waals surface area contributed by atoms with E-state index in [0.29, 0.717) is 5.39 Å². The van der Waals surface area contributed by atoms with E-state index in [-0.39, 0.29) is 11.3 Å². The second-order valence-corrected chi connectivity index (χ2v) is 3.60. The van der Waals surface area contributed by atoms with Crippen LogP contribution in [0.3, 0.4) is 0 Å². The Morgan fingerprint density at radius 1 is 1.29 bits per heavy atom. The summed E-state index contributed by atoms with van der Waals surface area (Å²) in [6.07, 6.45) is -4.16. The lowest BCUT2D eigenvalue weighted by Crippen LogP contribution is -2.18. The van der Waals surface area contributed by atoms with Crippen LogP contribution < -0.4 is 4.74 Å². The Morgan fingerprint density at radius 3 is 2.59 bits per heavy atom. The number of rotatable bonds is 2. The van der Waals surface area contributed by atoms with Gasteiger partial charge >= 0.3 is 6.36 Å². The third kappa shape index (κ3) is 2.36. The van der Waals surface area contributed by atoms with Gasteiger partial charge in [0.1, 0.15) is 6.23 Å². The van der Waals surface area contributed by atoms with Crippen LogP contribution in [0.25, 0.3) is 10.9 Å². The molecule has 0 saturated carbocycles. The number of fused-ring (bicyclic) bond motifs is 1. The molecule has 1 atom stereocenters. The Morgan fingerprint density at radius 2 is 2.00 bits per heavy atom. The summed E-state index contributed by atoms with van der Waals surface area (Å²) in [5.41, 5.74) is 0.222. The first-order valence-corrected chi connectivity index (χ1v) is 4.92. The van der Waals surface area contributed by atoms with Crippen LogP contribution in [0.15, 0.2) is 30.5 Å². The molecule has 17 heavy (non-hydrogen) atoms.